The van der Waals surface area contributed by atoms with Gasteiger partial charge >= 0.3 is 95.6 Å². The zero-order chi connectivity index (χ0) is 25.2. The van der Waals surface area contributed by atoms with Crippen LogP contribution in [0.1, 0.15) is 43.9 Å². The van der Waals surface area contributed by atoms with Gasteiger partial charge in [0.05, 0.1) is 0 Å². The van der Waals surface area contributed by atoms with E-state index in [2.05, 4.69) is 127 Å². The molecule has 1 N–H and O–H groups in total. The fourth-order valence-electron chi connectivity index (χ4n) is 3.27. The fourth-order valence-corrected chi connectivity index (χ4v) is 5.04. The van der Waals surface area contributed by atoms with Gasteiger partial charge < -0.3 is 5.11 Å². The molecule has 0 saturated carbocycles. The molecular weight excluding hydrogens is 535 g/mol. The average Bonchev–Trinajstić information content (AvgIpc) is 3.36. The first-order valence-electron chi connectivity index (χ1n) is 11.8. The Labute approximate surface area is 243 Å². The molecule has 0 atom stereocenters. The van der Waals surface area contributed by atoms with Gasteiger partial charge in [-0.1, -0.05) is 52.5 Å². The Morgan fingerprint density at radius 1 is 0.806 bits per heavy atom. The van der Waals surface area contributed by atoms with Gasteiger partial charge in [-0.2, -0.15) is 6.08 Å². The van der Waals surface area contributed by atoms with Gasteiger partial charge in [-0.3, -0.25) is 6.08 Å². The van der Waals surface area contributed by atoms with Gasteiger partial charge in [-0.15, -0.1) is 31.2 Å². The molecule has 0 spiro atoms. The fraction of sp³-hybridized carbons (Fsp3) is 0.258. The summed E-state index contributed by atoms with van der Waals surface area (Å²) in [6, 6.07) is 28.3. The third-order valence-corrected chi connectivity index (χ3v) is 8.20. The van der Waals surface area contributed by atoms with Crippen LogP contribution >= 0.6 is 24.8 Å². The summed E-state index contributed by atoms with van der Waals surface area (Å²) in [5.74, 6) is 0.345. The number of halogens is 2. The summed E-state index contributed by atoms with van der Waals surface area (Å²) in [4.78, 5) is 0. The summed E-state index contributed by atoms with van der Waals surface area (Å²) in [7, 11) is -1.01. The van der Waals surface area contributed by atoms with Crippen molar-refractivity contribution in [2.45, 2.75) is 52.2 Å². The standard InChI is InChI=1S/C13H10.C10H14O.C8H13Si.2ClH.Ti/c1-3-7-12(8-4-1)11-13-9-5-2-6-10-13;1-10(2,3)8-5-4-6-9(11)7-8;1-9(2,3)8-6-4-5-7-8;;;/h1-10H;4-7,11H,1-3H3;4,6H,5H2,1-3H3;2*1H;/q;;-1;;;+1. The van der Waals surface area contributed by atoms with Crippen LogP contribution in [-0.4, -0.2) is 17.0 Å². The second-order valence-corrected chi connectivity index (χ2v) is 16.2. The van der Waals surface area contributed by atoms with Crippen molar-refractivity contribution in [2.75, 3.05) is 0 Å². The summed E-state index contributed by atoms with van der Waals surface area (Å²) < 4.78 is 1.33. The molecule has 3 aromatic carbocycles. The molecule has 36 heavy (non-hydrogen) atoms. The van der Waals surface area contributed by atoms with Crippen LogP contribution in [0.5, 0.6) is 5.75 Å². The maximum atomic E-state index is 9.18. The SMILES string of the molecule is CC(C)(C)c1cccc(O)c1.C[Si](C)(C)C1=[C-]CC=C1.Cl.Cl.[Ti+]=[C](c1ccccc1)c1ccccc1. The molecule has 0 saturated heterocycles. The zero-order valence-electron chi connectivity index (χ0n) is 22.2. The van der Waals surface area contributed by atoms with Crippen molar-refractivity contribution in [1.29, 1.82) is 0 Å². The van der Waals surface area contributed by atoms with E-state index in [0.29, 0.717) is 5.75 Å². The van der Waals surface area contributed by atoms with E-state index in [1.165, 1.54) is 20.1 Å². The Morgan fingerprint density at radius 3 is 1.61 bits per heavy atom. The Hall–Kier alpha value is -1.68. The molecule has 4 rings (SSSR count). The third-order valence-electron chi connectivity index (χ3n) is 5.34. The van der Waals surface area contributed by atoms with Crippen LogP contribution in [0.25, 0.3) is 0 Å². The number of rotatable bonds is 3. The van der Waals surface area contributed by atoms with Crippen LogP contribution in [0.2, 0.25) is 19.6 Å². The van der Waals surface area contributed by atoms with E-state index in [0.717, 1.165) is 12.0 Å². The van der Waals surface area contributed by atoms with Crippen LogP contribution in [-0.2, 0) is 25.4 Å². The Kier molecular flexibility index (Phi) is 15.5. The third kappa shape index (κ3) is 12.0. The molecule has 0 aliphatic heterocycles. The molecule has 191 valence electrons. The molecule has 3 aromatic rings. The van der Waals surface area contributed by atoms with Gasteiger partial charge in [0.1, 0.15) is 5.75 Å². The van der Waals surface area contributed by atoms with Crippen molar-refractivity contribution in [3.8, 4) is 5.75 Å². The topological polar surface area (TPSA) is 20.2 Å². The van der Waals surface area contributed by atoms with Crippen molar-refractivity contribution < 1.29 is 25.1 Å². The number of aromatic hydroxyl groups is 1. The van der Waals surface area contributed by atoms with E-state index in [9.17, 15) is 5.11 Å². The van der Waals surface area contributed by atoms with Crippen molar-refractivity contribution >= 4 is 36.7 Å². The van der Waals surface area contributed by atoms with Crippen molar-refractivity contribution in [2.24, 2.45) is 0 Å². The second-order valence-electron chi connectivity index (χ2n) is 10.4. The number of phenolic OH excluding ortho intramolecular Hbond substituents is 1. The average molecular weight is 575 g/mol. The van der Waals surface area contributed by atoms with Crippen LogP contribution in [0.4, 0.5) is 0 Å². The Balaban J connectivity index is 0.000000509. The Morgan fingerprint density at radius 2 is 1.31 bits per heavy atom. The molecule has 0 amide bonds. The predicted molar refractivity (Wildman–Crippen MR) is 161 cm³/mol. The summed E-state index contributed by atoms with van der Waals surface area (Å²) in [6.45, 7) is 13.4. The second kappa shape index (κ2) is 16.2. The van der Waals surface area contributed by atoms with Crippen molar-refractivity contribution in [1.82, 2.24) is 0 Å². The van der Waals surface area contributed by atoms with Gasteiger partial charge in [0, 0.05) is 8.07 Å². The normalized spacial score (nSPS) is 11.9. The first-order valence-corrected chi connectivity index (χ1v) is 16.0. The van der Waals surface area contributed by atoms with E-state index in [1.807, 2.05) is 24.3 Å². The number of benzene rings is 3. The molecule has 0 aromatic heterocycles. The summed E-state index contributed by atoms with van der Waals surface area (Å²) in [5, 5.41) is 10.7. The molecule has 0 bridgehead atoms. The molecule has 1 aliphatic carbocycles. The first-order chi connectivity index (χ1) is 16.0. The number of phenols is 1. The van der Waals surface area contributed by atoms with Crippen molar-refractivity contribution in [3.05, 3.63) is 125 Å². The molecule has 0 unspecified atom stereocenters. The molecule has 0 heterocycles. The van der Waals surface area contributed by atoms with E-state index >= 15 is 0 Å². The zero-order valence-corrected chi connectivity index (χ0v) is 26.4. The Bertz CT molecular complexity index is 1070. The predicted octanol–water partition coefficient (Wildman–Crippen LogP) is 8.89. The van der Waals surface area contributed by atoms with E-state index in [1.54, 1.807) is 12.1 Å². The maximum absolute atomic E-state index is 9.18. The molecule has 0 fully saturated rings. The quantitative estimate of drug-likeness (QED) is 0.245. The van der Waals surface area contributed by atoms with E-state index in [-0.39, 0.29) is 30.2 Å². The van der Waals surface area contributed by atoms with Crippen LogP contribution in [0, 0.1) is 6.08 Å². The van der Waals surface area contributed by atoms with Gasteiger partial charge in [-0.25, -0.2) is 11.3 Å². The number of hydrogen-bond donors (Lipinski definition) is 1. The van der Waals surface area contributed by atoms with Crippen LogP contribution < -0.4 is 0 Å². The number of allylic oxidation sites excluding steroid dienone is 4. The molecule has 0 radical (unpaired) electrons. The first kappa shape index (κ1) is 34.3. The van der Waals surface area contributed by atoms with Gasteiger partial charge in [0.2, 0.25) is 0 Å². The van der Waals surface area contributed by atoms with Gasteiger partial charge in [0.25, 0.3) is 0 Å². The van der Waals surface area contributed by atoms with Gasteiger partial charge in [0.15, 0.2) is 0 Å². The van der Waals surface area contributed by atoms with E-state index in [4.69, 9.17) is 0 Å². The minimum atomic E-state index is -1.01. The molecule has 5 heteroatoms. The molecule has 1 nitrogen and oxygen atoms in total. The van der Waals surface area contributed by atoms with Gasteiger partial charge in [-0.05, 0) is 23.1 Å². The number of hydrogen-bond acceptors (Lipinski definition) is 1. The summed E-state index contributed by atoms with van der Waals surface area (Å²) >= 11 is 2.16. The molecular formula is C31H39Cl2OSiTi. The van der Waals surface area contributed by atoms with E-state index < -0.39 is 8.07 Å². The van der Waals surface area contributed by atoms with Crippen LogP contribution in [0.3, 0.4) is 0 Å². The van der Waals surface area contributed by atoms with Crippen LogP contribution in [0.15, 0.2) is 102 Å². The monoisotopic (exact) mass is 573 g/mol. The summed E-state index contributed by atoms with van der Waals surface area (Å²) in [5.41, 5.74) is 3.87. The van der Waals surface area contributed by atoms with Crippen molar-refractivity contribution in [3.63, 3.8) is 0 Å². The minimum absolute atomic E-state index is 0. The molecule has 1 aliphatic rings. The summed E-state index contributed by atoms with van der Waals surface area (Å²) in [6.07, 6.45) is 8.82.